The summed E-state index contributed by atoms with van der Waals surface area (Å²) in [6.45, 7) is 0.489. The summed E-state index contributed by atoms with van der Waals surface area (Å²) in [4.78, 5) is 56.0. The summed E-state index contributed by atoms with van der Waals surface area (Å²) in [7, 11) is 0. The Balaban J connectivity index is 1.54. The minimum Gasteiger partial charge on any atom is -0.480 e. The summed E-state index contributed by atoms with van der Waals surface area (Å²) >= 11 is 0. The second-order valence-corrected chi connectivity index (χ2v) is 11.4. The predicted octanol–water partition coefficient (Wildman–Crippen LogP) is 2.19. The van der Waals surface area contributed by atoms with Gasteiger partial charge >= 0.3 is 5.97 Å². The lowest BCUT2D eigenvalue weighted by Crippen LogP contribution is -2.58. The van der Waals surface area contributed by atoms with Crippen LogP contribution in [-0.2, 0) is 38.4 Å². The molecule has 0 saturated heterocycles. The molecular formula is C35H42N6O5. The number of carbonyl (C=O) groups excluding carboxylic acids is 3. The zero-order valence-electron chi connectivity index (χ0n) is 25.7. The number of aliphatic carboxylic acids is 1. The second kappa shape index (κ2) is 16.9. The lowest BCUT2D eigenvalue weighted by atomic mass is 10.0. The lowest BCUT2D eigenvalue weighted by Gasteiger charge is -2.25. The van der Waals surface area contributed by atoms with Gasteiger partial charge in [0.25, 0.3) is 0 Å². The van der Waals surface area contributed by atoms with Crippen LogP contribution in [0.2, 0.25) is 0 Å². The molecule has 0 aliphatic rings. The normalized spacial score (nSPS) is 13.7. The van der Waals surface area contributed by atoms with Crippen LogP contribution in [0.25, 0.3) is 10.9 Å². The van der Waals surface area contributed by atoms with E-state index in [1.807, 2.05) is 84.9 Å². The van der Waals surface area contributed by atoms with E-state index in [-0.39, 0.29) is 19.3 Å². The number of hydrogen-bond donors (Lipinski definition) is 7. The number of para-hydroxylation sites is 1. The number of carboxylic acids is 1. The molecule has 242 valence electrons. The first kappa shape index (κ1) is 33.9. The monoisotopic (exact) mass is 626 g/mol. The Bertz CT molecular complexity index is 1590. The van der Waals surface area contributed by atoms with Crippen LogP contribution in [0, 0.1) is 0 Å². The third kappa shape index (κ3) is 9.75. The first-order valence-electron chi connectivity index (χ1n) is 15.5. The van der Waals surface area contributed by atoms with Crippen LogP contribution in [0.1, 0.15) is 36.0 Å². The lowest BCUT2D eigenvalue weighted by molar-refractivity contribution is -0.142. The average Bonchev–Trinajstić information content (AvgIpc) is 3.47. The number of nitrogens with two attached hydrogens (primary N) is 2. The Hall–Kier alpha value is -5.00. The largest absolute Gasteiger partial charge is 0.480 e. The van der Waals surface area contributed by atoms with E-state index in [4.69, 9.17) is 11.5 Å². The van der Waals surface area contributed by atoms with Crippen molar-refractivity contribution < 1.29 is 24.3 Å². The maximum Gasteiger partial charge on any atom is 0.326 e. The van der Waals surface area contributed by atoms with E-state index in [0.29, 0.717) is 19.4 Å². The number of rotatable bonds is 17. The number of fused-ring (bicyclic) bond motifs is 1. The van der Waals surface area contributed by atoms with Crippen LogP contribution in [0.3, 0.4) is 0 Å². The fraction of sp³-hybridized carbons (Fsp3) is 0.314. The van der Waals surface area contributed by atoms with Gasteiger partial charge in [0.1, 0.15) is 18.1 Å². The summed E-state index contributed by atoms with van der Waals surface area (Å²) in [5.74, 6) is -2.94. The summed E-state index contributed by atoms with van der Waals surface area (Å²) in [6, 6.07) is 21.5. The predicted molar refractivity (Wildman–Crippen MR) is 177 cm³/mol. The Labute approximate surface area is 268 Å². The van der Waals surface area contributed by atoms with Gasteiger partial charge in [0.05, 0.1) is 6.04 Å². The molecule has 4 atom stereocenters. The van der Waals surface area contributed by atoms with E-state index in [1.54, 1.807) is 6.20 Å². The summed E-state index contributed by atoms with van der Waals surface area (Å²) in [5.41, 5.74) is 14.8. The number of carbonyl (C=O) groups is 4. The molecule has 1 heterocycles. The van der Waals surface area contributed by atoms with Gasteiger partial charge < -0.3 is 37.5 Å². The van der Waals surface area contributed by atoms with Crippen LogP contribution in [0.5, 0.6) is 0 Å². The molecule has 4 aromatic rings. The number of aromatic amines is 1. The smallest absolute Gasteiger partial charge is 0.326 e. The van der Waals surface area contributed by atoms with Gasteiger partial charge in [-0.1, -0.05) is 85.3 Å². The average molecular weight is 627 g/mol. The number of hydrogen-bond acceptors (Lipinski definition) is 6. The molecule has 0 fully saturated rings. The first-order chi connectivity index (χ1) is 22.2. The van der Waals surface area contributed by atoms with Crippen molar-refractivity contribution in [1.29, 1.82) is 0 Å². The van der Waals surface area contributed by atoms with Crippen molar-refractivity contribution >= 4 is 34.6 Å². The zero-order valence-corrected chi connectivity index (χ0v) is 25.7. The van der Waals surface area contributed by atoms with E-state index < -0.39 is 47.9 Å². The van der Waals surface area contributed by atoms with Crippen LogP contribution >= 0.6 is 0 Å². The van der Waals surface area contributed by atoms with Crippen molar-refractivity contribution in [2.75, 3.05) is 6.54 Å². The molecule has 9 N–H and O–H groups in total. The molecule has 1 aromatic heterocycles. The van der Waals surface area contributed by atoms with Gasteiger partial charge in [0, 0.05) is 36.4 Å². The van der Waals surface area contributed by atoms with Crippen molar-refractivity contribution in [2.24, 2.45) is 11.5 Å². The molecule has 11 nitrogen and oxygen atoms in total. The number of benzene rings is 3. The molecular weight excluding hydrogens is 584 g/mol. The maximum atomic E-state index is 13.8. The zero-order chi connectivity index (χ0) is 32.9. The fourth-order valence-corrected chi connectivity index (χ4v) is 5.30. The number of unbranched alkanes of at least 4 members (excludes halogenated alkanes) is 1. The van der Waals surface area contributed by atoms with Gasteiger partial charge in [-0.15, -0.1) is 0 Å². The maximum absolute atomic E-state index is 13.8. The molecule has 11 heteroatoms. The molecule has 46 heavy (non-hydrogen) atoms. The Kier molecular flexibility index (Phi) is 12.4. The number of aromatic nitrogens is 1. The van der Waals surface area contributed by atoms with Gasteiger partial charge in [0.15, 0.2) is 0 Å². The Morgan fingerprint density at radius 3 is 1.76 bits per heavy atom. The molecule has 4 rings (SSSR count). The summed E-state index contributed by atoms with van der Waals surface area (Å²) < 4.78 is 0. The molecule has 0 spiro atoms. The number of H-pyrrole nitrogens is 1. The second-order valence-electron chi connectivity index (χ2n) is 11.4. The minimum absolute atomic E-state index is 0.0336. The molecule has 0 aliphatic heterocycles. The van der Waals surface area contributed by atoms with Crippen LogP contribution < -0.4 is 27.4 Å². The number of nitrogens with one attached hydrogen (secondary N) is 4. The van der Waals surface area contributed by atoms with E-state index in [2.05, 4.69) is 20.9 Å². The van der Waals surface area contributed by atoms with Crippen LogP contribution in [-0.4, -0.2) is 64.5 Å². The van der Waals surface area contributed by atoms with Gasteiger partial charge in [0.2, 0.25) is 17.7 Å². The highest BCUT2D eigenvalue weighted by Crippen LogP contribution is 2.19. The number of amides is 3. The van der Waals surface area contributed by atoms with Crippen molar-refractivity contribution in [2.45, 2.75) is 62.7 Å². The third-order valence-corrected chi connectivity index (χ3v) is 7.85. The molecule has 3 aromatic carbocycles. The number of carboxylic acid groups (broad SMARTS) is 1. The SMILES string of the molecule is NCCCCC(N)C(=O)NC(Cc1ccccc1)C(=O)NC(Cc1ccccc1)C(=O)NC(Cc1c[nH]c2ccccc12)C(=O)O. The molecule has 3 amide bonds. The van der Waals surface area contributed by atoms with Gasteiger partial charge in [-0.2, -0.15) is 0 Å². The molecule has 0 saturated carbocycles. The topological polar surface area (TPSA) is 192 Å². The Morgan fingerprint density at radius 1 is 0.674 bits per heavy atom. The van der Waals surface area contributed by atoms with E-state index >= 15 is 0 Å². The van der Waals surface area contributed by atoms with Gasteiger partial charge in [-0.25, -0.2) is 4.79 Å². The summed E-state index contributed by atoms with van der Waals surface area (Å²) in [6.07, 6.45) is 3.83. The van der Waals surface area contributed by atoms with E-state index in [1.165, 1.54) is 0 Å². The van der Waals surface area contributed by atoms with Crippen molar-refractivity contribution in [3.63, 3.8) is 0 Å². The van der Waals surface area contributed by atoms with Gasteiger partial charge in [-0.05, 0) is 42.1 Å². The van der Waals surface area contributed by atoms with Crippen molar-refractivity contribution in [3.8, 4) is 0 Å². The highest BCUT2D eigenvalue weighted by molar-refractivity contribution is 5.94. The third-order valence-electron chi connectivity index (χ3n) is 7.85. The first-order valence-corrected chi connectivity index (χ1v) is 15.5. The van der Waals surface area contributed by atoms with Crippen LogP contribution in [0.15, 0.2) is 91.1 Å². The standard InChI is InChI=1S/C35H42N6O5/c36-18-10-9-16-27(37)32(42)39-29(19-23-11-3-1-4-12-23)33(43)40-30(20-24-13-5-2-6-14-24)34(44)41-31(35(45)46)21-25-22-38-28-17-8-7-15-26(25)28/h1-8,11-15,17,22,27,29-31,38H,9-10,16,18-21,36-37H2,(H,39,42)(H,40,43)(H,41,44)(H,45,46). The molecule has 0 aliphatic carbocycles. The van der Waals surface area contributed by atoms with Crippen LogP contribution in [0.4, 0.5) is 0 Å². The van der Waals surface area contributed by atoms with E-state index in [0.717, 1.165) is 34.0 Å². The molecule has 4 unspecified atom stereocenters. The van der Waals surface area contributed by atoms with Crippen molar-refractivity contribution in [3.05, 3.63) is 108 Å². The summed E-state index contributed by atoms with van der Waals surface area (Å²) in [5, 5.41) is 19.1. The quantitative estimate of drug-likeness (QED) is 0.0873. The molecule has 0 radical (unpaired) electrons. The fourth-order valence-electron chi connectivity index (χ4n) is 5.30. The molecule has 0 bridgehead atoms. The van der Waals surface area contributed by atoms with Crippen molar-refractivity contribution in [1.82, 2.24) is 20.9 Å². The minimum atomic E-state index is -1.26. The highest BCUT2D eigenvalue weighted by Gasteiger charge is 2.31. The van der Waals surface area contributed by atoms with E-state index in [9.17, 15) is 24.3 Å². The van der Waals surface area contributed by atoms with Gasteiger partial charge in [-0.3, -0.25) is 14.4 Å². The highest BCUT2D eigenvalue weighted by atomic mass is 16.4. The Morgan fingerprint density at radius 2 is 1.20 bits per heavy atom.